The lowest BCUT2D eigenvalue weighted by atomic mass is 10.1. The van der Waals surface area contributed by atoms with E-state index in [-0.39, 0.29) is 5.91 Å². The molecule has 0 atom stereocenters. The Morgan fingerprint density at radius 3 is 2.61 bits per heavy atom. The van der Waals surface area contributed by atoms with Gasteiger partial charge in [0.2, 0.25) is 0 Å². The summed E-state index contributed by atoms with van der Waals surface area (Å²) in [6.45, 7) is 2.07. The second kappa shape index (κ2) is 6.79. The zero-order valence-corrected chi connectivity index (χ0v) is 12.7. The van der Waals surface area contributed by atoms with E-state index >= 15 is 0 Å². The fourth-order valence-corrected chi connectivity index (χ4v) is 2.15. The van der Waals surface area contributed by atoms with Gasteiger partial charge in [0.15, 0.2) is 0 Å². The van der Waals surface area contributed by atoms with Crippen LogP contribution < -0.4 is 5.43 Å². The number of fused-ring (bicyclic) bond motifs is 1. The molecule has 0 spiro atoms. The van der Waals surface area contributed by atoms with Gasteiger partial charge in [0.25, 0.3) is 5.91 Å². The average Bonchev–Trinajstić information content (AvgIpc) is 2.61. The molecule has 2 aromatic carbocycles. The Kier molecular flexibility index (Phi) is 4.38. The molecule has 0 radical (unpaired) electrons. The van der Waals surface area contributed by atoms with Gasteiger partial charge in [-0.3, -0.25) is 9.78 Å². The molecule has 0 aliphatic carbocycles. The molecule has 0 saturated heterocycles. The van der Waals surface area contributed by atoms with Crippen LogP contribution in [0.25, 0.3) is 11.0 Å². The third kappa shape index (κ3) is 3.58. The molecule has 5 heteroatoms. The van der Waals surface area contributed by atoms with Gasteiger partial charge < -0.3 is 0 Å². The number of aromatic nitrogens is 2. The van der Waals surface area contributed by atoms with Gasteiger partial charge in [0.05, 0.1) is 23.4 Å². The Balaban J connectivity index is 1.68. The summed E-state index contributed by atoms with van der Waals surface area (Å²) in [4.78, 5) is 20.7. The van der Waals surface area contributed by atoms with Crippen LogP contribution in [0.3, 0.4) is 0 Å². The van der Waals surface area contributed by atoms with Crippen molar-refractivity contribution < 1.29 is 4.79 Å². The number of benzene rings is 2. The monoisotopic (exact) mass is 304 g/mol. The van der Waals surface area contributed by atoms with Gasteiger partial charge in [-0.05, 0) is 36.2 Å². The van der Waals surface area contributed by atoms with Gasteiger partial charge in [-0.15, -0.1) is 0 Å². The van der Waals surface area contributed by atoms with E-state index < -0.39 is 0 Å². The molecular formula is C18H16N4O. The average molecular weight is 304 g/mol. The van der Waals surface area contributed by atoms with E-state index in [9.17, 15) is 4.79 Å². The number of rotatable bonds is 4. The molecule has 3 rings (SSSR count). The maximum atomic E-state index is 12.0. The Bertz CT molecular complexity index is 856. The standard InChI is InChI=1S/C18H16N4O/c1-2-13-7-9-14(10-8-13)18(23)22-20-12-15-11-19-16-5-3-4-6-17(16)21-15/h3-12H,2H2,1H3,(H,22,23)/b20-12-. The van der Waals surface area contributed by atoms with E-state index in [1.165, 1.54) is 11.8 Å². The third-order valence-corrected chi connectivity index (χ3v) is 3.45. The number of hydrazone groups is 1. The minimum absolute atomic E-state index is 0.252. The fourth-order valence-electron chi connectivity index (χ4n) is 2.15. The molecule has 3 aromatic rings. The SMILES string of the molecule is CCc1ccc(C(=O)N/N=C\c2cnc3ccccc3n2)cc1. The second-order valence-electron chi connectivity index (χ2n) is 5.03. The maximum absolute atomic E-state index is 12.0. The molecule has 1 amide bonds. The summed E-state index contributed by atoms with van der Waals surface area (Å²) in [7, 11) is 0. The third-order valence-electron chi connectivity index (χ3n) is 3.45. The van der Waals surface area contributed by atoms with Gasteiger partial charge in [-0.1, -0.05) is 31.2 Å². The molecule has 0 bridgehead atoms. The molecule has 0 unspecified atom stereocenters. The molecule has 0 aliphatic heterocycles. The molecule has 1 heterocycles. The van der Waals surface area contributed by atoms with E-state index in [0.717, 1.165) is 17.5 Å². The lowest BCUT2D eigenvalue weighted by Crippen LogP contribution is -2.17. The van der Waals surface area contributed by atoms with E-state index in [4.69, 9.17) is 0 Å². The van der Waals surface area contributed by atoms with Crippen LogP contribution in [0.4, 0.5) is 0 Å². The van der Waals surface area contributed by atoms with Crippen molar-refractivity contribution >= 4 is 23.2 Å². The summed E-state index contributed by atoms with van der Waals surface area (Å²) >= 11 is 0. The lowest BCUT2D eigenvalue weighted by molar-refractivity contribution is 0.0955. The number of nitrogens with zero attached hydrogens (tertiary/aromatic N) is 3. The smallest absolute Gasteiger partial charge is 0.267 e. The van der Waals surface area contributed by atoms with Crippen molar-refractivity contribution in [1.29, 1.82) is 0 Å². The molecular weight excluding hydrogens is 288 g/mol. The molecule has 0 fully saturated rings. The number of carbonyl (C=O) groups excluding carboxylic acids is 1. The summed E-state index contributed by atoms with van der Waals surface area (Å²) in [5.41, 5.74) is 6.46. The minimum Gasteiger partial charge on any atom is -0.267 e. The molecule has 114 valence electrons. The highest BCUT2D eigenvalue weighted by atomic mass is 16.2. The second-order valence-corrected chi connectivity index (χ2v) is 5.03. The van der Waals surface area contributed by atoms with E-state index in [1.807, 2.05) is 36.4 Å². The van der Waals surface area contributed by atoms with Crippen LogP contribution in [0, 0.1) is 0 Å². The summed E-state index contributed by atoms with van der Waals surface area (Å²) in [5, 5.41) is 3.94. The molecule has 1 aromatic heterocycles. The van der Waals surface area contributed by atoms with Crippen LogP contribution >= 0.6 is 0 Å². The van der Waals surface area contributed by atoms with Gasteiger partial charge in [-0.25, -0.2) is 10.4 Å². The molecule has 0 aliphatic rings. The Morgan fingerprint density at radius 1 is 1.13 bits per heavy atom. The van der Waals surface area contributed by atoms with Gasteiger partial charge in [0, 0.05) is 5.56 Å². The normalized spacial score (nSPS) is 11.0. The lowest BCUT2D eigenvalue weighted by Gasteiger charge is -2.01. The van der Waals surface area contributed by atoms with Crippen molar-refractivity contribution in [3.63, 3.8) is 0 Å². The van der Waals surface area contributed by atoms with E-state index in [2.05, 4.69) is 27.4 Å². The molecule has 0 saturated carbocycles. The van der Waals surface area contributed by atoms with Crippen LogP contribution in [0.15, 0.2) is 59.8 Å². The first-order valence-electron chi connectivity index (χ1n) is 7.40. The number of hydrogen-bond donors (Lipinski definition) is 1. The Hall–Kier alpha value is -3.08. The first-order valence-corrected chi connectivity index (χ1v) is 7.40. The zero-order chi connectivity index (χ0) is 16.1. The largest absolute Gasteiger partial charge is 0.271 e. The molecule has 5 nitrogen and oxygen atoms in total. The minimum atomic E-state index is -0.252. The van der Waals surface area contributed by atoms with Crippen LogP contribution in [-0.4, -0.2) is 22.1 Å². The van der Waals surface area contributed by atoms with E-state index in [0.29, 0.717) is 11.3 Å². The summed E-state index contributed by atoms with van der Waals surface area (Å²) in [5.74, 6) is -0.252. The fraction of sp³-hybridized carbons (Fsp3) is 0.111. The Morgan fingerprint density at radius 2 is 1.87 bits per heavy atom. The number of para-hydroxylation sites is 2. The van der Waals surface area contributed by atoms with Crippen molar-refractivity contribution in [1.82, 2.24) is 15.4 Å². The number of nitrogens with one attached hydrogen (secondary N) is 1. The summed E-state index contributed by atoms with van der Waals surface area (Å²) in [6, 6.07) is 15.0. The van der Waals surface area contributed by atoms with Crippen molar-refractivity contribution in [2.75, 3.05) is 0 Å². The molecule has 1 N–H and O–H groups in total. The van der Waals surface area contributed by atoms with Crippen LogP contribution in [0.1, 0.15) is 28.5 Å². The first-order chi connectivity index (χ1) is 11.3. The van der Waals surface area contributed by atoms with Gasteiger partial charge in [-0.2, -0.15) is 5.10 Å². The number of carbonyl (C=O) groups is 1. The number of amides is 1. The zero-order valence-electron chi connectivity index (χ0n) is 12.7. The predicted octanol–water partition coefficient (Wildman–Crippen LogP) is 2.96. The van der Waals surface area contributed by atoms with Gasteiger partial charge >= 0.3 is 0 Å². The van der Waals surface area contributed by atoms with Crippen molar-refractivity contribution in [3.05, 3.63) is 71.5 Å². The summed E-state index contributed by atoms with van der Waals surface area (Å²) < 4.78 is 0. The van der Waals surface area contributed by atoms with E-state index in [1.54, 1.807) is 18.3 Å². The number of hydrogen-bond acceptors (Lipinski definition) is 4. The first kappa shape index (κ1) is 14.8. The number of aryl methyl sites for hydroxylation is 1. The van der Waals surface area contributed by atoms with Gasteiger partial charge in [0.1, 0.15) is 5.69 Å². The van der Waals surface area contributed by atoms with Crippen molar-refractivity contribution in [2.45, 2.75) is 13.3 Å². The highest BCUT2D eigenvalue weighted by Gasteiger charge is 2.03. The quantitative estimate of drug-likeness (QED) is 0.595. The molecule has 23 heavy (non-hydrogen) atoms. The van der Waals surface area contributed by atoms with Crippen LogP contribution in [-0.2, 0) is 6.42 Å². The van der Waals surface area contributed by atoms with Crippen molar-refractivity contribution in [2.24, 2.45) is 5.10 Å². The van der Waals surface area contributed by atoms with Crippen LogP contribution in [0.2, 0.25) is 0 Å². The maximum Gasteiger partial charge on any atom is 0.271 e. The van der Waals surface area contributed by atoms with Crippen molar-refractivity contribution in [3.8, 4) is 0 Å². The Labute approximate surface area is 134 Å². The predicted molar refractivity (Wildman–Crippen MR) is 90.4 cm³/mol. The topological polar surface area (TPSA) is 67.2 Å². The van der Waals surface area contributed by atoms with Crippen LogP contribution in [0.5, 0.6) is 0 Å². The highest BCUT2D eigenvalue weighted by Crippen LogP contribution is 2.07. The highest BCUT2D eigenvalue weighted by molar-refractivity contribution is 5.94. The summed E-state index contributed by atoms with van der Waals surface area (Å²) in [6.07, 6.45) is 4.05.